The first-order chi connectivity index (χ1) is 12.4. The van der Waals surface area contributed by atoms with Crippen molar-refractivity contribution < 1.29 is 19.8 Å². The van der Waals surface area contributed by atoms with Gasteiger partial charge in [0, 0.05) is 11.4 Å². The summed E-state index contributed by atoms with van der Waals surface area (Å²) in [7, 11) is 0. The van der Waals surface area contributed by atoms with Crippen molar-refractivity contribution in [2.75, 3.05) is 11.5 Å². The van der Waals surface area contributed by atoms with Gasteiger partial charge in [0.2, 0.25) is 0 Å². The summed E-state index contributed by atoms with van der Waals surface area (Å²) >= 11 is 0. The van der Waals surface area contributed by atoms with Gasteiger partial charge < -0.3 is 21.7 Å². The van der Waals surface area contributed by atoms with Crippen LogP contribution in [0, 0.1) is 0 Å². The fraction of sp³-hybridized carbons (Fsp3) is 0. The predicted octanol–water partition coefficient (Wildman–Crippen LogP) is 3.60. The molecule has 0 saturated carbocycles. The van der Waals surface area contributed by atoms with Crippen molar-refractivity contribution in [3.8, 4) is 11.1 Å². The topological polar surface area (TPSA) is 127 Å². The van der Waals surface area contributed by atoms with Crippen LogP contribution in [0.5, 0.6) is 0 Å². The summed E-state index contributed by atoms with van der Waals surface area (Å²) in [6.07, 6.45) is 0. The third-order valence-corrected chi connectivity index (χ3v) is 3.51. The molecule has 0 heterocycles. The molecule has 0 aliphatic rings. The zero-order chi connectivity index (χ0) is 19.1. The van der Waals surface area contributed by atoms with Gasteiger partial charge in [-0.3, -0.25) is 0 Å². The molecular formula is C20H18N2O4. The van der Waals surface area contributed by atoms with Crippen molar-refractivity contribution in [1.82, 2.24) is 0 Å². The van der Waals surface area contributed by atoms with E-state index in [2.05, 4.69) is 0 Å². The monoisotopic (exact) mass is 350 g/mol. The highest BCUT2D eigenvalue weighted by molar-refractivity contribution is 5.93. The van der Waals surface area contributed by atoms with Gasteiger partial charge in [0.1, 0.15) is 0 Å². The minimum atomic E-state index is -1.13. The Kier molecular flexibility index (Phi) is 5.95. The van der Waals surface area contributed by atoms with Crippen molar-refractivity contribution in [3.05, 3.63) is 83.9 Å². The van der Waals surface area contributed by atoms with Crippen LogP contribution in [0.4, 0.5) is 11.4 Å². The van der Waals surface area contributed by atoms with Crippen LogP contribution in [-0.4, -0.2) is 22.2 Å². The highest BCUT2D eigenvalue weighted by atomic mass is 16.4. The summed E-state index contributed by atoms with van der Waals surface area (Å²) in [6.45, 7) is 0. The largest absolute Gasteiger partial charge is 0.478 e. The molecule has 26 heavy (non-hydrogen) atoms. The number of benzene rings is 3. The molecule has 0 amide bonds. The molecule has 0 radical (unpaired) electrons. The van der Waals surface area contributed by atoms with Gasteiger partial charge in [-0.2, -0.15) is 0 Å². The van der Waals surface area contributed by atoms with E-state index >= 15 is 0 Å². The molecule has 0 aliphatic carbocycles. The Morgan fingerprint density at radius 3 is 1.27 bits per heavy atom. The molecule has 0 saturated heterocycles. The Labute approximate surface area is 150 Å². The maximum absolute atomic E-state index is 10.4. The highest BCUT2D eigenvalue weighted by Crippen LogP contribution is 2.21. The first-order valence-electron chi connectivity index (χ1n) is 7.65. The molecule has 6 N–H and O–H groups in total. The fourth-order valence-electron chi connectivity index (χ4n) is 2.14. The number of hydrogen-bond acceptors (Lipinski definition) is 4. The number of carboxylic acid groups (broad SMARTS) is 2. The Morgan fingerprint density at radius 2 is 0.962 bits per heavy atom. The Morgan fingerprint density at radius 1 is 0.615 bits per heavy atom. The molecule has 0 atom stereocenters. The molecule has 3 rings (SSSR count). The normalized spacial score (nSPS) is 9.69. The summed E-state index contributed by atoms with van der Waals surface area (Å²) in [5.74, 6) is -2.25. The second kappa shape index (κ2) is 8.34. The van der Waals surface area contributed by atoms with Crippen LogP contribution in [0.2, 0.25) is 0 Å². The van der Waals surface area contributed by atoms with Crippen LogP contribution in [0.25, 0.3) is 11.1 Å². The highest BCUT2D eigenvalue weighted by Gasteiger charge is 2.06. The van der Waals surface area contributed by atoms with Crippen molar-refractivity contribution in [3.63, 3.8) is 0 Å². The Hall–Kier alpha value is -3.80. The van der Waals surface area contributed by atoms with Crippen LogP contribution in [0.15, 0.2) is 72.8 Å². The van der Waals surface area contributed by atoms with Gasteiger partial charge in [-0.15, -0.1) is 0 Å². The molecule has 0 unspecified atom stereocenters. The maximum atomic E-state index is 10.4. The standard InChI is InChI=1S/C12H12N2.C8H6O4/c13-11-5-1-9(2-6-11)10-3-7-12(14)8-4-10;9-7(10)5-2-1-3-6(4-5)8(11)12/h1-8H,13-14H2;1-4H,(H,9,10)(H,11,12). The van der Waals surface area contributed by atoms with Crippen LogP contribution in [0.1, 0.15) is 20.7 Å². The van der Waals surface area contributed by atoms with E-state index in [9.17, 15) is 9.59 Å². The lowest BCUT2D eigenvalue weighted by atomic mass is 10.1. The molecule has 132 valence electrons. The summed E-state index contributed by atoms with van der Waals surface area (Å²) in [5.41, 5.74) is 15.0. The van der Waals surface area contributed by atoms with Gasteiger partial charge in [-0.25, -0.2) is 9.59 Å². The smallest absolute Gasteiger partial charge is 0.335 e. The van der Waals surface area contributed by atoms with E-state index < -0.39 is 11.9 Å². The van der Waals surface area contributed by atoms with Gasteiger partial charge >= 0.3 is 11.9 Å². The molecule has 0 bridgehead atoms. The lowest BCUT2D eigenvalue weighted by Crippen LogP contribution is -2.01. The van der Waals surface area contributed by atoms with E-state index in [1.165, 1.54) is 18.2 Å². The van der Waals surface area contributed by atoms with Crippen molar-refractivity contribution in [2.45, 2.75) is 0 Å². The Balaban J connectivity index is 0.000000190. The van der Waals surface area contributed by atoms with Gasteiger partial charge in [0.25, 0.3) is 0 Å². The van der Waals surface area contributed by atoms with Gasteiger partial charge in [-0.1, -0.05) is 30.3 Å². The number of nitrogens with two attached hydrogens (primary N) is 2. The molecule has 0 fully saturated rings. The number of aromatic carboxylic acids is 2. The zero-order valence-electron chi connectivity index (χ0n) is 13.8. The minimum absolute atomic E-state index is 0.0186. The number of carboxylic acids is 2. The summed E-state index contributed by atoms with van der Waals surface area (Å²) in [4.78, 5) is 20.8. The van der Waals surface area contributed by atoms with E-state index in [1.807, 2.05) is 48.5 Å². The van der Waals surface area contributed by atoms with Crippen LogP contribution in [0.3, 0.4) is 0 Å². The number of nitrogen functional groups attached to an aromatic ring is 2. The first-order valence-corrected chi connectivity index (χ1v) is 7.65. The van der Waals surface area contributed by atoms with Crippen molar-refractivity contribution >= 4 is 23.3 Å². The zero-order valence-corrected chi connectivity index (χ0v) is 13.8. The van der Waals surface area contributed by atoms with Crippen LogP contribution in [-0.2, 0) is 0 Å². The fourth-order valence-corrected chi connectivity index (χ4v) is 2.14. The van der Waals surface area contributed by atoms with Gasteiger partial charge in [0.15, 0.2) is 0 Å². The van der Waals surface area contributed by atoms with Crippen molar-refractivity contribution in [2.24, 2.45) is 0 Å². The van der Waals surface area contributed by atoms with E-state index in [-0.39, 0.29) is 11.1 Å². The molecule has 0 aliphatic heterocycles. The van der Waals surface area contributed by atoms with E-state index in [1.54, 1.807) is 0 Å². The maximum Gasteiger partial charge on any atom is 0.335 e. The molecule has 0 spiro atoms. The van der Waals surface area contributed by atoms with E-state index in [0.717, 1.165) is 28.6 Å². The van der Waals surface area contributed by atoms with Gasteiger partial charge in [-0.05, 0) is 53.6 Å². The molecule has 3 aromatic rings. The Bertz CT molecular complexity index is 831. The predicted molar refractivity (Wildman–Crippen MR) is 101 cm³/mol. The second-order valence-electron chi connectivity index (χ2n) is 5.44. The van der Waals surface area contributed by atoms with Crippen molar-refractivity contribution in [1.29, 1.82) is 0 Å². The second-order valence-corrected chi connectivity index (χ2v) is 5.44. The van der Waals surface area contributed by atoms with Crippen LogP contribution >= 0.6 is 0 Å². The van der Waals surface area contributed by atoms with Gasteiger partial charge in [0.05, 0.1) is 11.1 Å². The number of carbonyl (C=O) groups is 2. The summed E-state index contributed by atoms with van der Waals surface area (Å²) in [5, 5.41) is 17.0. The first kappa shape index (κ1) is 18.5. The third-order valence-electron chi connectivity index (χ3n) is 3.51. The molecule has 3 aromatic carbocycles. The average Bonchev–Trinajstić information content (AvgIpc) is 2.64. The van der Waals surface area contributed by atoms with Crippen LogP contribution < -0.4 is 11.5 Å². The molecule has 6 nitrogen and oxygen atoms in total. The third kappa shape index (κ3) is 5.10. The quantitative estimate of drug-likeness (QED) is 0.535. The molecule has 6 heteroatoms. The number of hydrogen-bond donors (Lipinski definition) is 4. The minimum Gasteiger partial charge on any atom is -0.478 e. The number of anilines is 2. The molecular weight excluding hydrogens is 332 g/mol. The molecule has 0 aromatic heterocycles. The lowest BCUT2D eigenvalue weighted by Gasteiger charge is -2.02. The lowest BCUT2D eigenvalue weighted by molar-refractivity contribution is 0.0696. The average molecular weight is 350 g/mol. The SMILES string of the molecule is Nc1ccc(-c2ccc(N)cc2)cc1.O=C(O)c1cccc(C(=O)O)c1. The number of rotatable bonds is 3. The van der Waals surface area contributed by atoms with E-state index in [4.69, 9.17) is 21.7 Å². The summed E-state index contributed by atoms with van der Waals surface area (Å²) in [6, 6.07) is 20.8. The van der Waals surface area contributed by atoms with E-state index in [0.29, 0.717) is 0 Å². The summed E-state index contributed by atoms with van der Waals surface area (Å²) < 4.78 is 0.